The second kappa shape index (κ2) is 6.91. The fraction of sp³-hybridized carbons (Fsp3) is 0.474. The van der Waals surface area contributed by atoms with Crippen LogP contribution in [0.5, 0.6) is 0 Å². The number of aromatic nitrogens is 2. The van der Waals surface area contributed by atoms with Gasteiger partial charge in [0.05, 0.1) is 0 Å². The lowest BCUT2D eigenvalue weighted by molar-refractivity contribution is 0.755. The molecule has 3 heteroatoms. The number of anilines is 2. The molecule has 118 valence electrons. The molecule has 0 saturated carbocycles. The molecular weight excluding hydrogens is 270 g/mol. The van der Waals surface area contributed by atoms with Crippen molar-refractivity contribution in [3.8, 4) is 0 Å². The van der Waals surface area contributed by atoms with Crippen molar-refractivity contribution in [1.82, 2.24) is 9.97 Å². The molecule has 1 aromatic carbocycles. The summed E-state index contributed by atoms with van der Waals surface area (Å²) >= 11 is 0. The summed E-state index contributed by atoms with van der Waals surface area (Å²) in [7, 11) is 0. The summed E-state index contributed by atoms with van der Waals surface area (Å²) < 4.78 is 0. The maximum Gasteiger partial charge on any atom is 0.230 e. The molecule has 0 bridgehead atoms. The van der Waals surface area contributed by atoms with E-state index in [1.54, 1.807) is 0 Å². The van der Waals surface area contributed by atoms with Gasteiger partial charge < -0.3 is 4.90 Å². The lowest BCUT2D eigenvalue weighted by Gasteiger charge is -2.27. The van der Waals surface area contributed by atoms with Crippen LogP contribution in [0.4, 0.5) is 11.6 Å². The van der Waals surface area contributed by atoms with Crippen molar-refractivity contribution in [1.29, 1.82) is 0 Å². The first-order chi connectivity index (χ1) is 10.4. The predicted octanol–water partition coefficient (Wildman–Crippen LogP) is 5.27. The molecule has 3 nitrogen and oxygen atoms in total. The van der Waals surface area contributed by atoms with Gasteiger partial charge in [0, 0.05) is 24.1 Å². The maximum atomic E-state index is 4.57. The van der Waals surface area contributed by atoms with E-state index in [1.807, 2.05) is 12.4 Å². The van der Waals surface area contributed by atoms with E-state index < -0.39 is 0 Å². The number of hydrogen-bond acceptors (Lipinski definition) is 3. The summed E-state index contributed by atoms with van der Waals surface area (Å²) in [6.45, 7) is 13.1. The van der Waals surface area contributed by atoms with E-state index in [9.17, 15) is 0 Å². The first kappa shape index (κ1) is 16.5. The van der Waals surface area contributed by atoms with Crippen LogP contribution in [0.25, 0.3) is 0 Å². The molecular formula is C19H27N3. The second-order valence-corrected chi connectivity index (χ2v) is 6.68. The third kappa shape index (κ3) is 3.65. The Morgan fingerprint density at radius 1 is 0.727 bits per heavy atom. The molecule has 2 rings (SSSR count). The lowest BCUT2D eigenvalue weighted by atomic mass is 10.0. The molecule has 0 radical (unpaired) electrons. The number of hydrogen-bond donors (Lipinski definition) is 0. The monoisotopic (exact) mass is 297 g/mol. The van der Waals surface area contributed by atoms with Gasteiger partial charge in [-0.2, -0.15) is 0 Å². The summed E-state index contributed by atoms with van der Waals surface area (Å²) in [6.07, 6.45) is 3.87. The number of rotatable bonds is 5. The Morgan fingerprint density at radius 3 is 1.64 bits per heavy atom. The third-order valence-electron chi connectivity index (χ3n) is 3.89. The zero-order valence-corrected chi connectivity index (χ0v) is 14.5. The van der Waals surface area contributed by atoms with E-state index in [-0.39, 0.29) is 0 Å². The quantitative estimate of drug-likeness (QED) is 0.752. The van der Waals surface area contributed by atoms with Gasteiger partial charge >= 0.3 is 0 Å². The second-order valence-electron chi connectivity index (χ2n) is 6.68. The molecule has 0 aliphatic heterocycles. The molecule has 0 spiro atoms. The van der Waals surface area contributed by atoms with Gasteiger partial charge in [-0.05, 0) is 48.9 Å². The Kier molecular flexibility index (Phi) is 5.17. The molecule has 0 atom stereocenters. The van der Waals surface area contributed by atoms with E-state index in [2.05, 4.69) is 80.7 Å². The van der Waals surface area contributed by atoms with Crippen LogP contribution in [0.1, 0.15) is 64.5 Å². The van der Waals surface area contributed by atoms with E-state index in [0.717, 1.165) is 11.6 Å². The van der Waals surface area contributed by atoms with Gasteiger partial charge in [0.15, 0.2) is 0 Å². The van der Waals surface area contributed by atoms with E-state index in [4.69, 9.17) is 0 Å². The topological polar surface area (TPSA) is 29.0 Å². The molecule has 1 heterocycles. The number of nitrogens with zero attached hydrogens (tertiary/aromatic N) is 3. The van der Waals surface area contributed by atoms with Crippen molar-refractivity contribution in [3.05, 3.63) is 47.8 Å². The molecule has 2 aromatic rings. The molecule has 22 heavy (non-hydrogen) atoms. The predicted molar refractivity (Wildman–Crippen MR) is 93.9 cm³/mol. The first-order valence-electron chi connectivity index (χ1n) is 8.11. The van der Waals surface area contributed by atoms with E-state index in [1.165, 1.54) is 11.1 Å². The van der Waals surface area contributed by atoms with E-state index >= 15 is 0 Å². The van der Waals surface area contributed by atoms with Crippen LogP contribution in [0.3, 0.4) is 0 Å². The van der Waals surface area contributed by atoms with Gasteiger partial charge in [-0.1, -0.05) is 39.8 Å². The number of benzene rings is 1. The Bertz CT molecular complexity index is 532. The molecule has 0 fully saturated rings. The summed E-state index contributed by atoms with van der Waals surface area (Å²) in [6, 6.07) is 9.01. The van der Waals surface area contributed by atoms with Crippen molar-refractivity contribution in [2.24, 2.45) is 0 Å². The SMILES string of the molecule is CC(C)c1ccc(N(c2ncc(C(C)C)cn2)C(C)C)cc1. The van der Waals surface area contributed by atoms with Crippen LogP contribution in [0, 0.1) is 0 Å². The van der Waals surface area contributed by atoms with Gasteiger partial charge in [-0.25, -0.2) is 9.97 Å². The van der Waals surface area contributed by atoms with Crippen molar-refractivity contribution in [2.75, 3.05) is 4.90 Å². The zero-order chi connectivity index (χ0) is 16.3. The minimum Gasteiger partial charge on any atom is -0.308 e. The molecule has 0 N–H and O–H groups in total. The Hall–Kier alpha value is -1.90. The fourth-order valence-electron chi connectivity index (χ4n) is 2.42. The smallest absolute Gasteiger partial charge is 0.230 e. The summed E-state index contributed by atoms with van der Waals surface area (Å²) in [5.41, 5.74) is 3.66. The summed E-state index contributed by atoms with van der Waals surface area (Å²) in [4.78, 5) is 11.3. The Morgan fingerprint density at radius 2 is 1.23 bits per heavy atom. The van der Waals surface area contributed by atoms with Crippen LogP contribution < -0.4 is 4.90 Å². The van der Waals surface area contributed by atoms with Gasteiger partial charge in [0.25, 0.3) is 0 Å². The van der Waals surface area contributed by atoms with Crippen molar-refractivity contribution < 1.29 is 0 Å². The Labute approximate surface area is 134 Å². The normalized spacial score (nSPS) is 11.5. The van der Waals surface area contributed by atoms with Crippen LogP contribution in [-0.4, -0.2) is 16.0 Å². The summed E-state index contributed by atoms with van der Waals surface area (Å²) in [5.74, 6) is 1.76. The minimum atomic E-state index is 0.301. The molecule has 0 unspecified atom stereocenters. The molecule has 0 aliphatic rings. The average Bonchev–Trinajstić information content (AvgIpc) is 2.48. The fourth-order valence-corrected chi connectivity index (χ4v) is 2.42. The van der Waals surface area contributed by atoms with Crippen molar-refractivity contribution in [3.63, 3.8) is 0 Å². The van der Waals surface area contributed by atoms with E-state index in [0.29, 0.717) is 17.9 Å². The average molecular weight is 297 g/mol. The van der Waals surface area contributed by atoms with Gasteiger partial charge in [0.1, 0.15) is 0 Å². The van der Waals surface area contributed by atoms with Crippen LogP contribution >= 0.6 is 0 Å². The molecule has 0 saturated heterocycles. The van der Waals surface area contributed by atoms with Crippen molar-refractivity contribution in [2.45, 2.75) is 59.4 Å². The minimum absolute atomic E-state index is 0.301. The third-order valence-corrected chi connectivity index (χ3v) is 3.89. The lowest BCUT2D eigenvalue weighted by Crippen LogP contribution is -2.27. The maximum absolute atomic E-state index is 4.57. The first-order valence-corrected chi connectivity index (χ1v) is 8.11. The van der Waals surface area contributed by atoms with Crippen LogP contribution in [-0.2, 0) is 0 Å². The molecule has 0 aliphatic carbocycles. The van der Waals surface area contributed by atoms with Gasteiger partial charge in [0.2, 0.25) is 5.95 Å². The molecule has 1 aromatic heterocycles. The van der Waals surface area contributed by atoms with Crippen LogP contribution in [0.2, 0.25) is 0 Å². The standard InChI is InChI=1S/C19H27N3/c1-13(2)16-7-9-18(10-8-16)22(15(5)6)19-20-11-17(12-21-19)14(3)4/h7-15H,1-6H3. The van der Waals surface area contributed by atoms with Gasteiger partial charge in [-0.3, -0.25) is 0 Å². The highest BCUT2D eigenvalue weighted by Crippen LogP contribution is 2.27. The highest BCUT2D eigenvalue weighted by molar-refractivity contribution is 5.58. The Balaban J connectivity index is 2.33. The van der Waals surface area contributed by atoms with Crippen LogP contribution in [0.15, 0.2) is 36.7 Å². The molecule has 0 amide bonds. The largest absolute Gasteiger partial charge is 0.308 e. The summed E-state index contributed by atoms with van der Waals surface area (Å²) in [5, 5.41) is 0. The highest BCUT2D eigenvalue weighted by Gasteiger charge is 2.16. The van der Waals surface area contributed by atoms with Gasteiger partial charge in [-0.15, -0.1) is 0 Å². The highest BCUT2D eigenvalue weighted by atomic mass is 15.3. The van der Waals surface area contributed by atoms with Crippen molar-refractivity contribution >= 4 is 11.6 Å². The zero-order valence-electron chi connectivity index (χ0n) is 14.5.